The van der Waals surface area contributed by atoms with Gasteiger partial charge < -0.3 is 10.1 Å². The van der Waals surface area contributed by atoms with Gasteiger partial charge in [0.05, 0.1) is 5.69 Å². The van der Waals surface area contributed by atoms with Crippen LogP contribution in [0.3, 0.4) is 0 Å². The number of aryl methyl sites for hydroxylation is 2. The molecule has 0 spiro atoms. The van der Waals surface area contributed by atoms with E-state index >= 15 is 0 Å². The Labute approximate surface area is 165 Å². The average Bonchev–Trinajstić information content (AvgIpc) is 2.74. The van der Waals surface area contributed by atoms with Crippen LogP contribution < -0.4 is 15.0 Å². The molecule has 4 heteroatoms. The molecule has 142 valence electrons. The van der Waals surface area contributed by atoms with Gasteiger partial charge in [0, 0.05) is 12.2 Å². The highest BCUT2D eigenvalue weighted by Gasteiger charge is 2.24. The summed E-state index contributed by atoms with van der Waals surface area (Å²) in [5.74, 6) is 0.779. The number of nitrogens with one attached hydrogen (secondary N) is 1. The fourth-order valence-corrected chi connectivity index (χ4v) is 3.62. The summed E-state index contributed by atoms with van der Waals surface area (Å²) in [4.78, 5) is 14.7. The summed E-state index contributed by atoms with van der Waals surface area (Å²) < 4.78 is 5.81. The van der Waals surface area contributed by atoms with E-state index in [1.807, 2.05) is 59.5 Å². The van der Waals surface area contributed by atoms with Gasteiger partial charge in [-0.1, -0.05) is 48.5 Å². The summed E-state index contributed by atoms with van der Waals surface area (Å²) in [5.41, 5.74) is 5.31. The first-order valence-corrected chi connectivity index (χ1v) is 9.64. The third-order valence-electron chi connectivity index (χ3n) is 5.02. The van der Waals surface area contributed by atoms with Gasteiger partial charge in [0.25, 0.3) is 0 Å². The number of hydrogen-bond acceptors (Lipinski definition) is 2. The van der Waals surface area contributed by atoms with Gasteiger partial charge in [-0.15, -0.1) is 0 Å². The van der Waals surface area contributed by atoms with Crippen molar-refractivity contribution in [2.75, 3.05) is 16.8 Å². The van der Waals surface area contributed by atoms with E-state index in [9.17, 15) is 4.79 Å². The Kier molecular flexibility index (Phi) is 5.29. The van der Waals surface area contributed by atoms with E-state index < -0.39 is 0 Å². The Balaban J connectivity index is 1.40. The number of hydrogen-bond donors (Lipinski definition) is 1. The Morgan fingerprint density at radius 3 is 2.57 bits per heavy atom. The molecule has 1 heterocycles. The van der Waals surface area contributed by atoms with Crippen molar-refractivity contribution in [3.05, 3.63) is 89.5 Å². The van der Waals surface area contributed by atoms with Crippen LogP contribution in [0, 0.1) is 6.92 Å². The molecule has 0 unspecified atom stereocenters. The summed E-state index contributed by atoms with van der Waals surface area (Å²) in [5, 5.41) is 3.01. The van der Waals surface area contributed by atoms with Gasteiger partial charge in [0.1, 0.15) is 12.4 Å². The summed E-state index contributed by atoms with van der Waals surface area (Å²) >= 11 is 0. The predicted molar refractivity (Wildman–Crippen MR) is 113 cm³/mol. The number of amides is 2. The zero-order valence-corrected chi connectivity index (χ0v) is 16.0. The van der Waals surface area contributed by atoms with E-state index in [1.54, 1.807) is 0 Å². The molecule has 0 aliphatic carbocycles. The van der Waals surface area contributed by atoms with Crippen molar-refractivity contribution in [2.24, 2.45) is 0 Å². The van der Waals surface area contributed by atoms with Gasteiger partial charge in [-0.3, -0.25) is 4.90 Å². The molecule has 1 aliphatic heterocycles. The number of nitrogens with zero attached hydrogens (tertiary/aromatic N) is 1. The number of urea groups is 1. The second-order valence-corrected chi connectivity index (χ2v) is 7.07. The lowest BCUT2D eigenvalue weighted by Gasteiger charge is -2.31. The molecule has 2 amide bonds. The first kappa shape index (κ1) is 18.1. The number of anilines is 2. The lowest BCUT2D eigenvalue weighted by molar-refractivity contribution is 0.256. The molecule has 3 aromatic carbocycles. The van der Waals surface area contributed by atoms with Crippen LogP contribution >= 0.6 is 0 Å². The molecule has 4 rings (SSSR count). The summed E-state index contributed by atoms with van der Waals surface area (Å²) in [7, 11) is 0. The Bertz CT molecular complexity index is 952. The highest BCUT2D eigenvalue weighted by Crippen LogP contribution is 2.31. The minimum Gasteiger partial charge on any atom is -0.489 e. The quantitative estimate of drug-likeness (QED) is 0.651. The largest absolute Gasteiger partial charge is 0.489 e. The van der Waals surface area contributed by atoms with E-state index in [1.165, 1.54) is 5.56 Å². The van der Waals surface area contributed by atoms with E-state index in [0.717, 1.165) is 47.6 Å². The molecule has 0 saturated carbocycles. The number of para-hydroxylation sites is 1. The van der Waals surface area contributed by atoms with Gasteiger partial charge in [-0.25, -0.2) is 4.79 Å². The monoisotopic (exact) mass is 372 g/mol. The van der Waals surface area contributed by atoms with Crippen LogP contribution in [0.2, 0.25) is 0 Å². The lowest BCUT2D eigenvalue weighted by atomic mass is 9.98. The molecule has 28 heavy (non-hydrogen) atoms. The minimum absolute atomic E-state index is 0.0896. The van der Waals surface area contributed by atoms with Crippen molar-refractivity contribution in [1.82, 2.24) is 0 Å². The molecule has 0 radical (unpaired) electrons. The van der Waals surface area contributed by atoms with Gasteiger partial charge in [-0.05, 0) is 60.7 Å². The van der Waals surface area contributed by atoms with Gasteiger partial charge in [-0.2, -0.15) is 0 Å². The third-order valence-corrected chi connectivity index (χ3v) is 5.02. The van der Waals surface area contributed by atoms with Gasteiger partial charge >= 0.3 is 6.03 Å². The molecule has 1 aliphatic rings. The maximum absolute atomic E-state index is 12.9. The average molecular weight is 372 g/mol. The number of ether oxygens (including phenoxy) is 1. The van der Waals surface area contributed by atoms with Gasteiger partial charge in [0.15, 0.2) is 0 Å². The summed E-state index contributed by atoms with van der Waals surface area (Å²) in [6.07, 6.45) is 2.00. The molecular formula is C24H24N2O2. The maximum Gasteiger partial charge on any atom is 0.326 e. The summed E-state index contributed by atoms with van der Waals surface area (Å²) in [6.45, 7) is 3.32. The fourth-order valence-electron chi connectivity index (χ4n) is 3.62. The van der Waals surface area contributed by atoms with Crippen LogP contribution in [0.25, 0.3) is 0 Å². The van der Waals surface area contributed by atoms with E-state index in [-0.39, 0.29) is 6.03 Å². The second kappa shape index (κ2) is 8.17. The van der Waals surface area contributed by atoms with E-state index in [0.29, 0.717) is 6.61 Å². The molecule has 0 fully saturated rings. The van der Waals surface area contributed by atoms with Crippen LogP contribution in [-0.2, 0) is 13.0 Å². The van der Waals surface area contributed by atoms with Crippen molar-refractivity contribution < 1.29 is 9.53 Å². The highest BCUT2D eigenvalue weighted by atomic mass is 16.5. The zero-order valence-electron chi connectivity index (χ0n) is 16.0. The third kappa shape index (κ3) is 4.01. The van der Waals surface area contributed by atoms with Crippen LogP contribution in [0.15, 0.2) is 72.8 Å². The Morgan fingerprint density at radius 1 is 1.00 bits per heavy atom. The molecule has 1 N–H and O–H groups in total. The normalized spacial score (nSPS) is 13.0. The minimum atomic E-state index is -0.0896. The smallest absolute Gasteiger partial charge is 0.326 e. The first-order chi connectivity index (χ1) is 13.7. The molecule has 3 aromatic rings. The summed E-state index contributed by atoms with van der Waals surface area (Å²) in [6, 6.07) is 23.7. The zero-order chi connectivity index (χ0) is 19.3. The predicted octanol–water partition coefficient (Wildman–Crippen LogP) is 5.56. The number of fused-ring (bicyclic) bond motifs is 1. The molecule has 0 atom stereocenters. The van der Waals surface area contributed by atoms with Crippen LogP contribution in [0.5, 0.6) is 5.75 Å². The lowest BCUT2D eigenvalue weighted by Crippen LogP contribution is -2.39. The molecule has 0 aromatic heterocycles. The van der Waals surface area contributed by atoms with Crippen molar-refractivity contribution in [3.8, 4) is 5.75 Å². The van der Waals surface area contributed by atoms with E-state index in [4.69, 9.17) is 4.74 Å². The molecule has 0 saturated heterocycles. The molecule has 0 bridgehead atoms. The van der Waals surface area contributed by atoms with Crippen molar-refractivity contribution in [3.63, 3.8) is 0 Å². The van der Waals surface area contributed by atoms with E-state index in [2.05, 4.69) is 30.4 Å². The number of rotatable bonds is 4. The van der Waals surface area contributed by atoms with Crippen molar-refractivity contribution in [1.29, 1.82) is 0 Å². The fraction of sp³-hybridized carbons (Fsp3) is 0.208. The number of carbonyl (C=O) groups is 1. The Morgan fingerprint density at radius 2 is 1.79 bits per heavy atom. The molecule has 4 nitrogen and oxygen atoms in total. The van der Waals surface area contributed by atoms with Crippen LogP contribution in [0.4, 0.5) is 16.2 Å². The van der Waals surface area contributed by atoms with Crippen molar-refractivity contribution in [2.45, 2.75) is 26.4 Å². The molecular weight excluding hydrogens is 348 g/mol. The SMILES string of the molecule is Cc1cccc2c1N(C(=O)Nc1ccc(OCc3ccccc3)cc1)CCC2. The van der Waals surface area contributed by atoms with Crippen LogP contribution in [-0.4, -0.2) is 12.6 Å². The topological polar surface area (TPSA) is 41.6 Å². The standard InChI is InChI=1S/C24H24N2O2/c1-18-7-5-10-20-11-6-16-26(23(18)20)24(27)25-21-12-14-22(15-13-21)28-17-19-8-3-2-4-9-19/h2-5,7-10,12-15H,6,11,16-17H2,1H3,(H,25,27). The Hall–Kier alpha value is -3.27. The maximum atomic E-state index is 12.9. The highest BCUT2D eigenvalue weighted by molar-refractivity contribution is 6.03. The number of benzene rings is 3. The second-order valence-electron chi connectivity index (χ2n) is 7.07. The van der Waals surface area contributed by atoms with Crippen molar-refractivity contribution >= 4 is 17.4 Å². The first-order valence-electron chi connectivity index (χ1n) is 9.64. The number of carbonyl (C=O) groups excluding carboxylic acids is 1. The van der Waals surface area contributed by atoms with Gasteiger partial charge in [0.2, 0.25) is 0 Å². The van der Waals surface area contributed by atoms with Crippen LogP contribution in [0.1, 0.15) is 23.1 Å².